The maximum absolute atomic E-state index is 12.6. The van der Waals surface area contributed by atoms with Crippen LogP contribution in [0.25, 0.3) is 5.69 Å². The number of ether oxygens (including phenoxy) is 2. The molecule has 4 rings (SSSR count). The normalized spacial score (nSPS) is 21.3. The fourth-order valence-corrected chi connectivity index (χ4v) is 4.48. The number of carbonyl (C=O) groups excluding carboxylic acids is 2. The number of aromatic nitrogens is 2. The zero-order chi connectivity index (χ0) is 20.2. The van der Waals surface area contributed by atoms with Crippen molar-refractivity contribution >= 4 is 11.9 Å². The van der Waals surface area contributed by atoms with Gasteiger partial charge in [-0.25, -0.2) is 9.48 Å². The lowest BCUT2D eigenvalue weighted by molar-refractivity contribution is -0.137. The van der Waals surface area contributed by atoms with E-state index in [1.165, 1.54) is 32.8 Å². The van der Waals surface area contributed by atoms with E-state index < -0.39 is 5.97 Å². The average Bonchev–Trinajstić information content (AvgIpc) is 3.22. The van der Waals surface area contributed by atoms with Gasteiger partial charge in [0.2, 0.25) is 5.69 Å². The first-order valence-corrected chi connectivity index (χ1v) is 10.3. The second-order valence-electron chi connectivity index (χ2n) is 7.84. The Morgan fingerprint density at radius 3 is 2.62 bits per heavy atom. The lowest BCUT2D eigenvalue weighted by Crippen LogP contribution is -2.46. The van der Waals surface area contributed by atoms with Crippen LogP contribution in [0.5, 0.6) is 5.75 Å². The highest BCUT2D eigenvalue weighted by molar-refractivity contribution is 5.92. The predicted octanol–water partition coefficient (Wildman–Crippen LogP) is 3.08. The maximum Gasteiger partial charge on any atom is 0.363 e. The molecule has 2 fully saturated rings. The zero-order valence-corrected chi connectivity index (χ0v) is 16.8. The summed E-state index contributed by atoms with van der Waals surface area (Å²) in [6.45, 7) is 1.27. The SMILES string of the molecule is COc1cn(-c2ccccc2)nc1C(=O)OCC(=O)N1CC[C@H]2CCCC[C@H]2C1. The first-order chi connectivity index (χ1) is 14.2. The van der Waals surface area contributed by atoms with E-state index in [1.54, 1.807) is 10.9 Å². The highest BCUT2D eigenvalue weighted by atomic mass is 16.5. The summed E-state index contributed by atoms with van der Waals surface area (Å²) < 4.78 is 12.1. The molecule has 0 unspecified atom stereocenters. The Kier molecular flexibility index (Phi) is 5.83. The third-order valence-electron chi connectivity index (χ3n) is 6.09. The number of nitrogens with zero attached hydrogens (tertiary/aromatic N) is 3. The molecular formula is C22H27N3O4. The van der Waals surface area contributed by atoms with Gasteiger partial charge in [0.05, 0.1) is 19.0 Å². The van der Waals surface area contributed by atoms with Crippen molar-refractivity contribution in [2.45, 2.75) is 32.1 Å². The Morgan fingerprint density at radius 2 is 1.86 bits per heavy atom. The molecule has 1 amide bonds. The number of methoxy groups -OCH3 is 1. The van der Waals surface area contributed by atoms with Crippen molar-refractivity contribution in [2.75, 3.05) is 26.8 Å². The van der Waals surface area contributed by atoms with Crippen molar-refractivity contribution in [3.8, 4) is 11.4 Å². The summed E-state index contributed by atoms with van der Waals surface area (Å²) in [5.41, 5.74) is 0.867. The van der Waals surface area contributed by atoms with Crippen LogP contribution in [-0.2, 0) is 9.53 Å². The van der Waals surface area contributed by atoms with Crippen molar-refractivity contribution < 1.29 is 19.1 Å². The maximum atomic E-state index is 12.6. The molecule has 154 valence electrons. The van der Waals surface area contributed by atoms with Gasteiger partial charge in [-0.3, -0.25) is 4.79 Å². The molecule has 2 heterocycles. The van der Waals surface area contributed by atoms with Crippen LogP contribution in [0.3, 0.4) is 0 Å². The number of hydrogen-bond donors (Lipinski definition) is 0. The molecular weight excluding hydrogens is 370 g/mol. The highest BCUT2D eigenvalue weighted by Crippen LogP contribution is 2.36. The number of carbonyl (C=O) groups is 2. The average molecular weight is 397 g/mol. The fourth-order valence-electron chi connectivity index (χ4n) is 4.48. The van der Waals surface area contributed by atoms with E-state index in [0.717, 1.165) is 31.1 Å². The van der Waals surface area contributed by atoms with Crippen LogP contribution in [0.4, 0.5) is 0 Å². The van der Waals surface area contributed by atoms with Gasteiger partial charge >= 0.3 is 5.97 Å². The summed E-state index contributed by atoms with van der Waals surface area (Å²) in [5, 5.41) is 4.29. The third-order valence-corrected chi connectivity index (χ3v) is 6.09. The van der Waals surface area contributed by atoms with Gasteiger partial charge in [-0.2, -0.15) is 5.10 Å². The number of hydrogen-bond acceptors (Lipinski definition) is 5. The largest absolute Gasteiger partial charge is 0.493 e. The van der Waals surface area contributed by atoms with Crippen molar-refractivity contribution in [1.29, 1.82) is 0 Å². The van der Waals surface area contributed by atoms with Crippen molar-refractivity contribution in [3.63, 3.8) is 0 Å². The van der Waals surface area contributed by atoms with Gasteiger partial charge in [-0.05, 0) is 36.8 Å². The van der Waals surface area contributed by atoms with Crippen LogP contribution >= 0.6 is 0 Å². The van der Waals surface area contributed by atoms with E-state index in [2.05, 4.69) is 5.10 Å². The summed E-state index contributed by atoms with van der Waals surface area (Å²) in [6.07, 6.45) is 7.72. The number of piperidine rings is 1. The molecule has 1 saturated heterocycles. The Morgan fingerprint density at radius 1 is 1.10 bits per heavy atom. The smallest absolute Gasteiger partial charge is 0.363 e. The third kappa shape index (κ3) is 4.28. The summed E-state index contributed by atoms with van der Waals surface area (Å²) in [4.78, 5) is 27.0. The molecule has 0 radical (unpaired) electrons. The number of likely N-dealkylation sites (tertiary alicyclic amines) is 1. The lowest BCUT2D eigenvalue weighted by atomic mass is 9.75. The molecule has 0 N–H and O–H groups in total. The fraction of sp³-hybridized carbons (Fsp3) is 0.500. The van der Waals surface area contributed by atoms with Gasteiger partial charge < -0.3 is 14.4 Å². The number of rotatable bonds is 5. The minimum absolute atomic E-state index is 0.0649. The molecule has 0 bridgehead atoms. The number of para-hydroxylation sites is 1. The van der Waals surface area contributed by atoms with Crippen LogP contribution in [-0.4, -0.2) is 53.4 Å². The van der Waals surface area contributed by atoms with E-state index in [-0.39, 0.29) is 18.2 Å². The molecule has 1 aromatic carbocycles. The number of fused-ring (bicyclic) bond motifs is 1. The second-order valence-corrected chi connectivity index (χ2v) is 7.84. The molecule has 2 aromatic rings. The number of esters is 1. The molecule has 1 aliphatic heterocycles. The van der Waals surface area contributed by atoms with E-state index >= 15 is 0 Å². The predicted molar refractivity (Wildman–Crippen MR) is 107 cm³/mol. The van der Waals surface area contributed by atoms with Gasteiger partial charge in [0.15, 0.2) is 12.4 Å². The molecule has 2 aliphatic rings. The Bertz CT molecular complexity index is 864. The van der Waals surface area contributed by atoms with E-state index in [1.807, 2.05) is 35.2 Å². The van der Waals surface area contributed by atoms with E-state index in [0.29, 0.717) is 11.7 Å². The Hall–Kier alpha value is -2.83. The van der Waals surface area contributed by atoms with E-state index in [4.69, 9.17) is 9.47 Å². The standard InChI is InChI=1S/C22H27N3O4/c1-28-19-14-25(18-9-3-2-4-10-18)23-21(19)22(27)29-15-20(26)24-12-11-16-7-5-6-8-17(16)13-24/h2-4,9-10,14,16-17H,5-8,11-13,15H2,1H3/t16-,17+/m1/s1. The van der Waals surface area contributed by atoms with Crippen molar-refractivity contribution in [2.24, 2.45) is 11.8 Å². The van der Waals surface area contributed by atoms with Gasteiger partial charge in [-0.15, -0.1) is 0 Å². The lowest BCUT2D eigenvalue weighted by Gasteiger charge is -2.41. The Balaban J connectivity index is 1.37. The molecule has 0 spiro atoms. The van der Waals surface area contributed by atoms with Crippen LogP contribution in [0.2, 0.25) is 0 Å². The molecule has 1 aliphatic carbocycles. The quantitative estimate of drug-likeness (QED) is 0.725. The van der Waals surface area contributed by atoms with Gasteiger partial charge in [0.1, 0.15) is 0 Å². The van der Waals surface area contributed by atoms with Crippen LogP contribution in [0.1, 0.15) is 42.6 Å². The molecule has 29 heavy (non-hydrogen) atoms. The van der Waals surface area contributed by atoms with Gasteiger partial charge in [0, 0.05) is 13.1 Å². The summed E-state index contributed by atoms with van der Waals surface area (Å²) in [5.74, 6) is 0.871. The summed E-state index contributed by atoms with van der Waals surface area (Å²) >= 11 is 0. The Labute approximate surface area is 170 Å². The van der Waals surface area contributed by atoms with Crippen molar-refractivity contribution in [1.82, 2.24) is 14.7 Å². The topological polar surface area (TPSA) is 73.7 Å². The van der Waals surface area contributed by atoms with Gasteiger partial charge in [0.25, 0.3) is 5.91 Å². The highest BCUT2D eigenvalue weighted by Gasteiger charge is 2.33. The van der Waals surface area contributed by atoms with Crippen LogP contribution in [0, 0.1) is 11.8 Å². The molecule has 2 atom stereocenters. The number of benzene rings is 1. The van der Waals surface area contributed by atoms with Gasteiger partial charge in [-0.1, -0.05) is 37.5 Å². The molecule has 1 aromatic heterocycles. The van der Waals surface area contributed by atoms with Crippen LogP contribution < -0.4 is 4.74 Å². The summed E-state index contributed by atoms with van der Waals surface area (Å²) in [6, 6.07) is 9.42. The first-order valence-electron chi connectivity index (χ1n) is 10.3. The molecule has 7 heteroatoms. The number of amides is 1. The first kappa shape index (κ1) is 19.5. The summed E-state index contributed by atoms with van der Waals surface area (Å²) in [7, 11) is 1.47. The minimum atomic E-state index is -0.655. The zero-order valence-electron chi connectivity index (χ0n) is 16.8. The monoisotopic (exact) mass is 397 g/mol. The molecule has 1 saturated carbocycles. The second kappa shape index (κ2) is 8.68. The minimum Gasteiger partial charge on any atom is -0.493 e. The van der Waals surface area contributed by atoms with Crippen LogP contribution in [0.15, 0.2) is 36.5 Å². The van der Waals surface area contributed by atoms with E-state index in [9.17, 15) is 9.59 Å². The van der Waals surface area contributed by atoms with Crippen molar-refractivity contribution in [3.05, 3.63) is 42.2 Å². The molecule has 7 nitrogen and oxygen atoms in total.